The van der Waals surface area contributed by atoms with Crippen molar-refractivity contribution < 1.29 is 14.4 Å². The van der Waals surface area contributed by atoms with E-state index in [0.29, 0.717) is 37.8 Å². The molecule has 0 amide bonds. The Bertz CT molecular complexity index is 291. The van der Waals surface area contributed by atoms with Crippen molar-refractivity contribution in [3.05, 3.63) is 11.7 Å². The van der Waals surface area contributed by atoms with Crippen LogP contribution in [0.5, 0.6) is 0 Å². The fourth-order valence-electron chi connectivity index (χ4n) is 1.41. The van der Waals surface area contributed by atoms with Crippen molar-refractivity contribution in [2.75, 3.05) is 13.2 Å². The van der Waals surface area contributed by atoms with Crippen LogP contribution in [0.25, 0.3) is 0 Å². The monoisotopic (exact) mass is 184 g/mol. The Morgan fingerprint density at radius 3 is 2.62 bits per heavy atom. The molecule has 1 aromatic heterocycles. The Morgan fingerprint density at radius 1 is 1.38 bits per heavy atom. The van der Waals surface area contributed by atoms with Crippen LogP contribution in [0.2, 0.25) is 0 Å². The van der Waals surface area contributed by atoms with Crippen LogP contribution in [0.4, 0.5) is 0 Å². The summed E-state index contributed by atoms with van der Waals surface area (Å²) in [6.07, 6.45) is 1.04. The van der Waals surface area contributed by atoms with Crippen LogP contribution in [0.3, 0.4) is 0 Å². The standard InChI is InChI=1S/C8H12N2O3/c1-6-9-7(13-10-6)8(11)2-4-12-5-3-8/h11H,2-5H2,1H3. The van der Waals surface area contributed by atoms with Crippen molar-refractivity contribution in [2.24, 2.45) is 0 Å². The van der Waals surface area contributed by atoms with Gasteiger partial charge in [0, 0.05) is 26.1 Å². The lowest BCUT2D eigenvalue weighted by atomic mass is 9.94. The molecule has 0 atom stereocenters. The number of aliphatic hydroxyl groups is 1. The van der Waals surface area contributed by atoms with Crippen molar-refractivity contribution in [1.82, 2.24) is 10.1 Å². The van der Waals surface area contributed by atoms with Crippen LogP contribution in [0.15, 0.2) is 4.52 Å². The molecule has 0 radical (unpaired) electrons. The van der Waals surface area contributed by atoms with Crippen molar-refractivity contribution in [2.45, 2.75) is 25.4 Å². The van der Waals surface area contributed by atoms with Crippen LogP contribution >= 0.6 is 0 Å². The lowest BCUT2D eigenvalue weighted by Crippen LogP contribution is -2.33. The molecule has 0 unspecified atom stereocenters. The van der Waals surface area contributed by atoms with Crippen molar-refractivity contribution in [3.8, 4) is 0 Å². The van der Waals surface area contributed by atoms with E-state index in [2.05, 4.69) is 10.1 Å². The first-order valence-corrected chi connectivity index (χ1v) is 4.32. The van der Waals surface area contributed by atoms with Gasteiger partial charge in [0.2, 0.25) is 0 Å². The highest BCUT2D eigenvalue weighted by atomic mass is 16.5. The van der Waals surface area contributed by atoms with Crippen molar-refractivity contribution in [1.29, 1.82) is 0 Å². The number of ether oxygens (including phenoxy) is 1. The van der Waals surface area contributed by atoms with Gasteiger partial charge in [0.15, 0.2) is 5.82 Å². The summed E-state index contributed by atoms with van der Waals surface area (Å²) in [6.45, 7) is 2.81. The second-order valence-electron chi connectivity index (χ2n) is 3.29. The normalized spacial score (nSPS) is 21.7. The zero-order chi connectivity index (χ0) is 9.31. The summed E-state index contributed by atoms with van der Waals surface area (Å²) in [6, 6.07) is 0. The van der Waals surface area contributed by atoms with E-state index >= 15 is 0 Å². The average Bonchev–Trinajstić information content (AvgIpc) is 2.54. The molecular weight excluding hydrogens is 172 g/mol. The van der Waals surface area contributed by atoms with Crippen LogP contribution in [-0.4, -0.2) is 28.5 Å². The summed E-state index contributed by atoms with van der Waals surface area (Å²) in [5.74, 6) is 0.864. The smallest absolute Gasteiger partial charge is 0.258 e. The molecule has 5 heteroatoms. The Morgan fingerprint density at radius 2 is 2.08 bits per heavy atom. The number of nitrogens with zero attached hydrogens (tertiary/aromatic N) is 2. The van der Waals surface area contributed by atoms with E-state index in [-0.39, 0.29) is 0 Å². The maximum Gasteiger partial charge on any atom is 0.258 e. The van der Waals surface area contributed by atoms with Crippen molar-refractivity contribution >= 4 is 0 Å². The van der Waals surface area contributed by atoms with Gasteiger partial charge in [0.1, 0.15) is 5.60 Å². The largest absolute Gasteiger partial charge is 0.381 e. The van der Waals surface area contributed by atoms with Crippen LogP contribution in [-0.2, 0) is 10.3 Å². The molecule has 1 saturated heterocycles. The van der Waals surface area contributed by atoms with Gasteiger partial charge in [-0.25, -0.2) is 0 Å². The van der Waals surface area contributed by atoms with E-state index in [0.717, 1.165) is 0 Å². The predicted molar refractivity (Wildman–Crippen MR) is 43.0 cm³/mol. The summed E-state index contributed by atoms with van der Waals surface area (Å²) in [7, 11) is 0. The molecule has 1 aliphatic rings. The zero-order valence-electron chi connectivity index (χ0n) is 7.49. The highest BCUT2D eigenvalue weighted by molar-refractivity contribution is 4.99. The maximum absolute atomic E-state index is 10.1. The summed E-state index contributed by atoms with van der Waals surface area (Å²) < 4.78 is 10.1. The van der Waals surface area contributed by atoms with Crippen LogP contribution in [0.1, 0.15) is 24.6 Å². The first kappa shape index (κ1) is 8.65. The molecule has 5 nitrogen and oxygen atoms in total. The van der Waals surface area contributed by atoms with Gasteiger partial charge >= 0.3 is 0 Å². The molecule has 72 valence electrons. The first-order valence-electron chi connectivity index (χ1n) is 4.32. The van der Waals surface area contributed by atoms with Gasteiger partial charge in [-0.3, -0.25) is 0 Å². The van der Waals surface area contributed by atoms with Gasteiger partial charge in [-0.2, -0.15) is 4.98 Å². The van der Waals surface area contributed by atoms with E-state index in [1.165, 1.54) is 0 Å². The Labute approximate surface area is 75.7 Å². The Hall–Kier alpha value is -0.940. The van der Waals surface area contributed by atoms with Crippen LogP contribution < -0.4 is 0 Å². The molecule has 1 fully saturated rings. The molecule has 2 rings (SSSR count). The van der Waals surface area contributed by atoms with Gasteiger partial charge in [-0.1, -0.05) is 5.16 Å². The zero-order valence-corrected chi connectivity index (χ0v) is 7.49. The second kappa shape index (κ2) is 3.08. The molecule has 1 aromatic rings. The summed E-state index contributed by atoms with van der Waals surface area (Å²) in [5.41, 5.74) is -0.973. The topological polar surface area (TPSA) is 68.4 Å². The molecule has 0 aromatic carbocycles. The number of aryl methyl sites for hydroxylation is 1. The lowest BCUT2D eigenvalue weighted by molar-refractivity contribution is -0.0856. The van der Waals surface area contributed by atoms with Crippen molar-refractivity contribution in [3.63, 3.8) is 0 Å². The first-order chi connectivity index (χ1) is 6.21. The van der Waals surface area contributed by atoms with E-state index < -0.39 is 5.60 Å². The fraction of sp³-hybridized carbons (Fsp3) is 0.750. The third-order valence-electron chi connectivity index (χ3n) is 2.25. The summed E-state index contributed by atoms with van der Waals surface area (Å²) in [4.78, 5) is 4.02. The van der Waals surface area contributed by atoms with E-state index in [4.69, 9.17) is 9.26 Å². The highest BCUT2D eigenvalue weighted by Crippen LogP contribution is 2.30. The predicted octanol–water partition coefficient (Wildman–Crippen LogP) is 0.376. The SMILES string of the molecule is Cc1noc(C2(O)CCOCC2)n1. The Kier molecular flexibility index (Phi) is 2.05. The summed E-state index contributed by atoms with van der Waals surface area (Å²) >= 11 is 0. The van der Waals surface area contributed by atoms with Gasteiger partial charge in [-0.05, 0) is 6.92 Å². The van der Waals surface area contributed by atoms with Gasteiger partial charge in [0.05, 0.1) is 0 Å². The molecular formula is C8H12N2O3. The molecule has 0 bridgehead atoms. The molecule has 0 spiro atoms. The van der Waals surface area contributed by atoms with E-state index in [9.17, 15) is 5.11 Å². The van der Waals surface area contributed by atoms with Crippen LogP contribution in [0, 0.1) is 6.92 Å². The molecule has 1 aliphatic heterocycles. The summed E-state index contributed by atoms with van der Waals surface area (Å²) in [5, 5.41) is 13.7. The number of aromatic nitrogens is 2. The number of hydrogen-bond acceptors (Lipinski definition) is 5. The highest BCUT2D eigenvalue weighted by Gasteiger charge is 2.37. The van der Waals surface area contributed by atoms with E-state index in [1.807, 2.05) is 0 Å². The average molecular weight is 184 g/mol. The van der Waals surface area contributed by atoms with Gasteiger partial charge in [-0.15, -0.1) is 0 Å². The lowest BCUT2D eigenvalue weighted by Gasteiger charge is -2.27. The Balaban J connectivity index is 2.22. The fourth-order valence-corrected chi connectivity index (χ4v) is 1.41. The third-order valence-corrected chi connectivity index (χ3v) is 2.25. The molecule has 0 aliphatic carbocycles. The molecule has 13 heavy (non-hydrogen) atoms. The third kappa shape index (κ3) is 1.57. The molecule has 2 heterocycles. The minimum Gasteiger partial charge on any atom is -0.381 e. The van der Waals surface area contributed by atoms with E-state index in [1.54, 1.807) is 6.92 Å². The maximum atomic E-state index is 10.1. The van der Waals surface area contributed by atoms with Gasteiger partial charge in [0.25, 0.3) is 5.89 Å². The molecule has 1 N–H and O–H groups in total. The second-order valence-corrected chi connectivity index (χ2v) is 3.29. The minimum absolute atomic E-state index is 0.313. The minimum atomic E-state index is -0.973. The van der Waals surface area contributed by atoms with Gasteiger partial charge < -0.3 is 14.4 Å². The molecule has 0 saturated carbocycles. The quantitative estimate of drug-likeness (QED) is 0.683. The number of hydrogen-bond donors (Lipinski definition) is 1. The number of rotatable bonds is 1.